The summed E-state index contributed by atoms with van der Waals surface area (Å²) in [6, 6.07) is 13.4. The van der Waals surface area contributed by atoms with Crippen LogP contribution in [0.5, 0.6) is 0 Å². The van der Waals surface area contributed by atoms with Gasteiger partial charge in [0.2, 0.25) is 0 Å². The number of hydrogen-bond donors (Lipinski definition) is 0. The Hall–Kier alpha value is -1.92. The molecule has 4 rings (SSSR count). The third-order valence-corrected chi connectivity index (χ3v) is 6.11. The molecule has 6 heteroatoms. The fourth-order valence-corrected chi connectivity index (χ4v) is 4.53. The van der Waals surface area contributed by atoms with E-state index in [1.807, 2.05) is 24.3 Å². The average molecular weight is 445 g/mol. The molecule has 1 saturated carbocycles. The zero-order valence-electron chi connectivity index (χ0n) is 14.6. The van der Waals surface area contributed by atoms with Crippen molar-refractivity contribution < 1.29 is 9.18 Å². The van der Waals surface area contributed by atoms with Crippen LogP contribution in [0.25, 0.3) is 0 Å². The van der Waals surface area contributed by atoms with Crippen LogP contribution in [0.15, 0.2) is 58.0 Å². The van der Waals surface area contributed by atoms with Crippen LogP contribution in [-0.2, 0) is 0 Å². The van der Waals surface area contributed by atoms with Gasteiger partial charge in [0.25, 0.3) is 5.91 Å². The summed E-state index contributed by atoms with van der Waals surface area (Å²) in [5.74, 6) is -0.576. The first kappa shape index (κ1) is 18.4. The van der Waals surface area contributed by atoms with Crippen LogP contribution in [0.2, 0.25) is 0 Å². The number of carbonyl (C=O) groups is 1. The van der Waals surface area contributed by atoms with E-state index >= 15 is 0 Å². The molecule has 0 N–H and O–H groups in total. The van der Waals surface area contributed by atoms with Gasteiger partial charge in [0.1, 0.15) is 22.2 Å². The largest absolute Gasteiger partial charge is 0.271 e. The molecule has 2 aromatic rings. The highest BCUT2D eigenvalue weighted by Gasteiger charge is 2.48. The molecule has 1 spiro atoms. The van der Waals surface area contributed by atoms with Gasteiger partial charge in [0.15, 0.2) is 0 Å². The van der Waals surface area contributed by atoms with E-state index in [4.69, 9.17) is 17.2 Å². The minimum absolute atomic E-state index is 0.210. The maximum Gasteiger partial charge on any atom is 0.260 e. The van der Waals surface area contributed by atoms with Crippen molar-refractivity contribution in [2.24, 2.45) is 4.99 Å². The molecule has 0 saturated heterocycles. The van der Waals surface area contributed by atoms with E-state index in [9.17, 15) is 9.18 Å². The van der Waals surface area contributed by atoms with Crippen molar-refractivity contribution in [3.8, 4) is 0 Å². The lowest BCUT2D eigenvalue weighted by molar-refractivity contribution is 0.0648. The van der Waals surface area contributed by atoms with E-state index < -0.39 is 5.66 Å². The molecule has 0 unspecified atom stereocenters. The molecule has 138 valence electrons. The minimum Gasteiger partial charge on any atom is -0.271 e. The maximum atomic E-state index is 13.3. The third kappa shape index (κ3) is 3.36. The normalized spacial score (nSPS) is 18.7. The fourth-order valence-electron chi connectivity index (χ4n) is 3.85. The number of rotatable bonds is 2. The Balaban J connectivity index is 1.76. The Kier molecular flexibility index (Phi) is 4.95. The average Bonchev–Trinajstić information content (AvgIpc) is 2.95. The lowest BCUT2D eigenvalue weighted by Crippen LogP contribution is -2.50. The molecule has 1 aliphatic carbocycles. The van der Waals surface area contributed by atoms with Gasteiger partial charge in [-0.05, 0) is 62.1 Å². The number of thiocarbonyl (C=S) groups is 1. The molecule has 0 radical (unpaired) electrons. The van der Waals surface area contributed by atoms with Crippen LogP contribution in [0, 0.1) is 5.82 Å². The summed E-state index contributed by atoms with van der Waals surface area (Å²) in [7, 11) is 0. The lowest BCUT2D eigenvalue weighted by Gasteiger charge is -2.38. The molecular formula is C21H18BrFN2OS. The van der Waals surface area contributed by atoms with E-state index in [0.717, 1.165) is 42.1 Å². The summed E-state index contributed by atoms with van der Waals surface area (Å²) < 4.78 is 14.3. The van der Waals surface area contributed by atoms with Crippen LogP contribution >= 0.6 is 28.1 Å². The number of amides is 1. The van der Waals surface area contributed by atoms with Crippen LogP contribution in [0.1, 0.15) is 48.0 Å². The standard InChI is InChI=1S/C21H18BrFN2OS/c22-16-8-4-14(5-9-16)18-20(27)25(21(24-18)12-2-1-3-13-21)19(26)15-6-10-17(23)11-7-15/h4-11H,1-3,12-13H2. The van der Waals surface area contributed by atoms with Gasteiger partial charge in [0.05, 0.1) is 0 Å². The molecule has 1 amide bonds. The second-order valence-electron chi connectivity index (χ2n) is 6.96. The highest BCUT2D eigenvalue weighted by molar-refractivity contribution is 9.10. The van der Waals surface area contributed by atoms with Gasteiger partial charge in [-0.15, -0.1) is 0 Å². The Morgan fingerprint density at radius 2 is 1.67 bits per heavy atom. The maximum absolute atomic E-state index is 13.3. The first-order chi connectivity index (χ1) is 13.0. The molecule has 1 aliphatic heterocycles. The first-order valence-electron chi connectivity index (χ1n) is 9.00. The predicted molar refractivity (Wildman–Crippen MR) is 112 cm³/mol. The van der Waals surface area contributed by atoms with Gasteiger partial charge in [-0.3, -0.25) is 14.7 Å². The number of hydrogen-bond acceptors (Lipinski definition) is 3. The summed E-state index contributed by atoms with van der Waals surface area (Å²) >= 11 is 9.16. The van der Waals surface area contributed by atoms with E-state index in [1.165, 1.54) is 24.3 Å². The lowest BCUT2D eigenvalue weighted by atomic mass is 9.88. The SMILES string of the molecule is O=C(c1ccc(F)cc1)N1C(=S)C(c2ccc(Br)cc2)=NC12CCCCC2. The van der Waals surface area contributed by atoms with Crippen molar-refractivity contribution in [3.63, 3.8) is 0 Å². The third-order valence-electron chi connectivity index (χ3n) is 5.21. The quantitative estimate of drug-likeness (QED) is 0.571. The van der Waals surface area contributed by atoms with Gasteiger partial charge in [-0.1, -0.05) is 46.7 Å². The van der Waals surface area contributed by atoms with Crippen molar-refractivity contribution in [3.05, 3.63) is 69.9 Å². The summed E-state index contributed by atoms with van der Waals surface area (Å²) in [4.78, 5) is 20.4. The highest BCUT2D eigenvalue weighted by Crippen LogP contribution is 2.41. The van der Waals surface area contributed by atoms with Crippen LogP contribution in [0.4, 0.5) is 4.39 Å². The second-order valence-corrected chi connectivity index (χ2v) is 8.27. The van der Waals surface area contributed by atoms with Gasteiger partial charge in [-0.25, -0.2) is 4.39 Å². The van der Waals surface area contributed by atoms with Gasteiger partial charge >= 0.3 is 0 Å². The van der Waals surface area contributed by atoms with E-state index in [2.05, 4.69) is 15.9 Å². The molecule has 0 bridgehead atoms. The number of nitrogens with zero attached hydrogens (tertiary/aromatic N) is 2. The Labute approximate surface area is 171 Å². The summed E-state index contributed by atoms with van der Waals surface area (Å²) in [5.41, 5.74) is 1.40. The molecule has 2 aromatic carbocycles. The summed E-state index contributed by atoms with van der Waals surface area (Å²) in [6.07, 6.45) is 4.73. The van der Waals surface area contributed by atoms with Crippen molar-refractivity contribution in [1.29, 1.82) is 0 Å². The van der Waals surface area contributed by atoms with E-state index in [-0.39, 0.29) is 11.7 Å². The number of halogens is 2. The zero-order valence-corrected chi connectivity index (χ0v) is 17.0. The van der Waals surface area contributed by atoms with Gasteiger partial charge < -0.3 is 0 Å². The number of carbonyl (C=O) groups excluding carboxylic acids is 1. The number of aliphatic imine (C=N–C) groups is 1. The fraction of sp³-hybridized carbons (Fsp3) is 0.286. The Morgan fingerprint density at radius 1 is 1.04 bits per heavy atom. The second kappa shape index (κ2) is 7.24. The molecule has 0 atom stereocenters. The Bertz CT molecular complexity index is 918. The van der Waals surface area contributed by atoms with Crippen LogP contribution < -0.4 is 0 Å². The minimum atomic E-state index is -0.622. The van der Waals surface area contributed by atoms with Crippen molar-refractivity contribution in [1.82, 2.24) is 4.90 Å². The van der Waals surface area contributed by atoms with Gasteiger partial charge in [-0.2, -0.15) is 0 Å². The molecule has 3 nitrogen and oxygen atoms in total. The predicted octanol–water partition coefficient (Wildman–Crippen LogP) is 5.52. The molecule has 0 aromatic heterocycles. The van der Waals surface area contributed by atoms with Crippen molar-refractivity contribution >= 4 is 44.8 Å². The molecule has 1 fully saturated rings. The van der Waals surface area contributed by atoms with Crippen molar-refractivity contribution in [2.75, 3.05) is 0 Å². The molecular weight excluding hydrogens is 427 g/mol. The topological polar surface area (TPSA) is 32.7 Å². The number of benzene rings is 2. The summed E-state index contributed by atoms with van der Waals surface area (Å²) in [6.45, 7) is 0. The molecule has 1 heterocycles. The van der Waals surface area contributed by atoms with E-state index in [0.29, 0.717) is 16.3 Å². The highest BCUT2D eigenvalue weighted by atomic mass is 79.9. The Morgan fingerprint density at radius 3 is 2.30 bits per heavy atom. The monoisotopic (exact) mass is 444 g/mol. The first-order valence-corrected chi connectivity index (χ1v) is 10.2. The van der Waals surface area contributed by atoms with Crippen LogP contribution in [-0.4, -0.2) is 27.2 Å². The molecule has 27 heavy (non-hydrogen) atoms. The molecule has 2 aliphatic rings. The van der Waals surface area contributed by atoms with Crippen molar-refractivity contribution in [2.45, 2.75) is 37.8 Å². The van der Waals surface area contributed by atoms with E-state index in [1.54, 1.807) is 4.90 Å². The van der Waals surface area contributed by atoms with Gasteiger partial charge in [0, 0.05) is 15.6 Å². The smallest absolute Gasteiger partial charge is 0.260 e. The summed E-state index contributed by atoms with van der Waals surface area (Å²) in [5, 5.41) is 0. The van der Waals surface area contributed by atoms with Crippen LogP contribution in [0.3, 0.4) is 0 Å². The zero-order chi connectivity index (χ0) is 19.0.